The summed E-state index contributed by atoms with van der Waals surface area (Å²) in [5.41, 5.74) is 0.883. The number of amides is 1. The first kappa shape index (κ1) is 13.7. The third-order valence-electron chi connectivity index (χ3n) is 2.73. The summed E-state index contributed by atoms with van der Waals surface area (Å²) >= 11 is 6.07. The minimum Gasteiger partial charge on any atom is -0.339 e. The molecule has 0 aromatic heterocycles. The molecule has 1 aromatic carbocycles. The van der Waals surface area contributed by atoms with Crippen LogP contribution in [0, 0.1) is 0 Å². The Morgan fingerprint density at radius 2 is 1.94 bits per heavy atom. The molecule has 0 aliphatic carbocycles. The quantitative estimate of drug-likeness (QED) is 0.774. The number of rotatable bonds is 4. The standard InChI is InChI=1S/C13H16ClNO2/c1-9(16)8-13(17)15(3)10(2)11-6-4-5-7-12(11)14/h4-7,10H,8H2,1-3H3. The Balaban J connectivity index is 2.83. The number of nitrogens with zero attached hydrogens (tertiary/aromatic N) is 1. The van der Waals surface area contributed by atoms with E-state index in [1.165, 1.54) is 6.92 Å². The lowest BCUT2D eigenvalue weighted by atomic mass is 10.1. The van der Waals surface area contributed by atoms with Crippen LogP contribution in [0.4, 0.5) is 0 Å². The van der Waals surface area contributed by atoms with Gasteiger partial charge in [-0.3, -0.25) is 9.59 Å². The molecule has 1 rings (SSSR count). The highest BCUT2D eigenvalue weighted by atomic mass is 35.5. The van der Waals surface area contributed by atoms with Crippen molar-refractivity contribution in [3.8, 4) is 0 Å². The summed E-state index contributed by atoms with van der Waals surface area (Å²) in [6.07, 6.45) is -0.0642. The molecule has 3 nitrogen and oxygen atoms in total. The second-order valence-corrected chi connectivity index (χ2v) is 4.49. The molecule has 0 bridgehead atoms. The summed E-state index contributed by atoms with van der Waals surface area (Å²) < 4.78 is 0. The summed E-state index contributed by atoms with van der Waals surface area (Å²) in [7, 11) is 1.68. The third kappa shape index (κ3) is 3.56. The lowest BCUT2D eigenvalue weighted by Gasteiger charge is -2.25. The Hall–Kier alpha value is -1.35. The van der Waals surface area contributed by atoms with Gasteiger partial charge in [0.1, 0.15) is 5.78 Å². The zero-order chi connectivity index (χ0) is 13.0. The molecule has 17 heavy (non-hydrogen) atoms. The highest BCUT2D eigenvalue weighted by Gasteiger charge is 2.19. The lowest BCUT2D eigenvalue weighted by molar-refractivity contribution is -0.135. The van der Waals surface area contributed by atoms with Gasteiger partial charge in [0, 0.05) is 12.1 Å². The van der Waals surface area contributed by atoms with Gasteiger partial charge in [-0.15, -0.1) is 0 Å². The van der Waals surface area contributed by atoms with Crippen molar-refractivity contribution < 1.29 is 9.59 Å². The zero-order valence-corrected chi connectivity index (χ0v) is 11.0. The van der Waals surface area contributed by atoms with Crippen LogP contribution in [0.15, 0.2) is 24.3 Å². The van der Waals surface area contributed by atoms with E-state index in [2.05, 4.69) is 0 Å². The zero-order valence-electron chi connectivity index (χ0n) is 10.2. The van der Waals surface area contributed by atoms with Crippen molar-refractivity contribution in [2.45, 2.75) is 26.3 Å². The minimum atomic E-state index is -0.190. The number of benzene rings is 1. The lowest BCUT2D eigenvalue weighted by Crippen LogP contribution is -2.30. The first-order chi connectivity index (χ1) is 7.93. The van der Waals surface area contributed by atoms with Gasteiger partial charge < -0.3 is 4.90 Å². The van der Waals surface area contributed by atoms with Crippen molar-refractivity contribution in [1.29, 1.82) is 0 Å². The van der Waals surface area contributed by atoms with E-state index in [4.69, 9.17) is 11.6 Å². The molecule has 1 unspecified atom stereocenters. The molecule has 0 heterocycles. The Morgan fingerprint density at radius 3 is 2.47 bits per heavy atom. The van der Waals surface area contributed by atoms with Gasteiger partial charge in [-0.2, -0.15) is 0 Å². The molecule has 92 valence electrons. The molecule has 0 aliphatic rings. The Morgan fingerprint density at radius 1 is 1.35 bits per heavy atom. The molecule has 1 atom stereocenters. The van der Waals surface area contributed by atoms with Gasteiger partial charge in [0.25, 0.3) is 0 Å². The summed E-state index contributed by atoms with van der Waals surface area (Å²) in [5.74, 6) is -0.321. The largest absolute Gasteiger partial charge is 0.339 e. The van der Waals surface area contributed by atoms with Crippen molar-refractivity contribution in [3.05, 3.63) is 34.9 Å². The van der Waals surface area contributed by atoms with E-state index in [9.17, 15) is 9.59 Å². The molecular formula is C13H16ClNO2. The highest BCUT2D eigenvalue weighted by Crippen LogP contribution is 2.26. The van der Waals surface area contributed by atoms with Crippen molar-refractivity contribution in [1.82, 2.24) is 4.90 Å². The molecule has 0 saturated carbocycles. The van der Waals surface area contributed by atoms with Crippen LogP contribution >= 0.6 is 11.6 Å². The molecule has 0 aliphatic heterocycles. The van der Waals surface area contributed by atoms with Crippen LogP contribution in [0.5, 0.6) is 0 Å². The van der Waals surface area contributed by atoms with E-state index in [-0.39, 0.29) is 24.2 Å². The van der Waals surface area contributed by atoms with E-state index in [1.807, 2.05) is 25.1 Å². The molecule has 1 amide bonds. The van der Waals surface area contributed by atoms with E-state index >= 15 is 0 Å². The van der Waals surface area contributed by atoms with Gasteiger partial charge in [0.2, 0.25) is 5.91 Å². The molecule has 1 aromatic rings. The maximum Gasteiger partial charge on any atom is 0.230 e. The highest BCUT2D eigenvalue weighted by molar-refractivity contribution is 6.31. The van der Waals surface area contributed by atoms with Crippen LogP contribution in [0.3, 0.4) is 0 Å². The number of halogens is 1. The number of carbonyl (C=O) groups excluding carboxylic acids is 2. The van der Waals surface area contributed by atoms with Gasteiger partial charge in [-0.1, -0.05) is 29.8 Å². The topological polar surface area (TPSA) is 37.4 Å². The van der Waals surface area contributed by atoms with Crippen molar-refractivity contribution in [2.75, 3.05) is 7.05 Å². The first-order valence-corrected chi connectivity index (χ1v) is 5.80. The maximum absolute atomic E-state index is 11.7. The van der Waals surface area contributed by atoms with Gasteiger partial charge in [0.15, 0.2) is 0 Å². The second-order valence-electron chi connectivity index (χ2n) is 4.08. The number of hydrogen-bond acceptors (Lipinski definition) is 2. The Labute approximate surface area is 106 Å². The third-order valence-corrected chi connectivity index (χ3v) is 3.07. The molecule has 0 fully saturated rings. The van der Waals surface area contributed by atoms with Crippen LogP contribution in [0.25, 0.3) is 0 Å². The van der Waals surface area contributed by atoms with Crippen LogP contribution in [-0.4, -0.2) is 23.6 Å². The summed E-state index contributed by atoms with van der Waals surface area (Å²) in [6, 6.07) is 7.24. The van der Waals surface area contributed by atoms with Crippen LogP contribution in [0.1, 0.15) is 31.9 Å². The fourth-order valence-corrected chi connectivity index (χ4v) is 1.87. The summed E-state index contributed by atoms with van der Waals surface area (Å²) in [6.45, 7) is 3.30. The van der Waals surface area contributed by atoms with Gasteiger partial charge in [-0.05, 0) is 25.5 Å². The van der Waals surface area contributed by atoms with Crippen molar-refractivity contribution in [3.63, 3.8) is 0 Å². The Bertz CT molecular complexity index is 431. The molecule has 0 saturated heterocycles. The molecule has 4 heteroatoms. The van der Waals surface area contributed by atoms with E-state index in [0.29, 0.717) is 5.02 Å². The van der Waals surface area contributed by atoms with E-state index in [1.54, 1.807) is 18.0 Å². The SMILES string of the molecule is CC(=O)CC(=O)N(C)C(C)c1ccccc1Cl. The van der Waals surface area contributed by atoms with E-state index in [0.717, 1.165) is 5.56 Å². The summed E-state index contributed by atoms with van der Waals surface area (Å²) in [5, 5.41) is 0.627. The average molecular weight is 254 g/mol. The minimum absolute atomic E-state index is 0.0642. The number of ketones is 1. The number of Topliss-reactive ketones (excluding diaryl/α,β-unsaturated/α-hetero) is 1. The monoisotopic (exact) mass is 253 g/mol. The smallest absolute Gasteiger partial charge is 0.230 e. The first-order valence-electron chi connectivity index (χ1n) is 5.43. The second kappa shape index (κ2) is 5.82. The number of carbonyl (C=O) groups is 2. The predicted octanol–water partition coefficient (Wildman–Crippen LogP) is 2.84. The van der Waals surface area contributed by atoms with Gasteiger partial charge in [0.05, 0.1) is 12.5 Å². The molecular weight excluding hydrogens is 238 g/mol. The van der Waals surface area contributed by atoms with Gasteiger partial charge in [-0.25, -0.2) is 0 Å². The normalized spacial score (nSPS) is 12.0. The fourth-order valence-electron chi connectivity index (χ4n) is 1.58. The maximum atomic E-state index is 11.7. The van der Waals surface area contributed by atoms with E-state index < -0.39 is 0 Å². The van der Waals surface area contributed by atoms with Crippen molar-refractivity contribution >= 4 is 23.3 Å². The predicted molar refractivity (Wildman–Crippen MR) is 67.9 cm³/mol. The average Bonchev–Trinajstić information content (AvgIpc) is 2.27. The Kier molecular flexibility index (Phi) is 4.70. The molecule has 0 N–H and O–H groups in total. The van der Waals surface area contributed by atoms with Crippen LogP contribution in [0.2, 0.25) is 5.02 Å². The van der Waals surface area contributed by atoms with Crippen LogP contribution < -0.4 is 0 Å². The number of hydrogen-bond donors (Lipinski definition) is 0. The molecule has 0 spiro atoms. The van der Waals surface area contributed by atoms with Crippen molar-refractivity contribution in [2.24, 2.45) is 0 Å². The van der Waals surface area contributed by atoms with Crippen LogP contribution in [-0.2, 0) is 9.59 Å². The molecule has 0 radical (unpaired) electrons. The van der Waals surface area contributed by atoms with Gasteiger partial charge >= 0.3 is 0 Å². The fraction of sp³-hybridized carbons (Fsp3) is 0.385. The summed E-state index contributed by atoms with van der Waals surface area (Å²) in [4.78, 5) is 24.2.